The number of hydrogen-bond donors (Lipinski definition) is 1. The van der Waals surface area contributed by atoms with E-state index in [0.717, 1.165) is 51.6 Å². The summed E-state index contributed by atoms with van der Waals surface area (Å²) in [5.74, 6) is -0.689. The fraction of sp³-hybridized carbons (Fsp3) is 0.650. The normalized spacial score (nSPS) is 17.7. The van der Waals surface area contributed by atoms with Crippen molar-refractivity contribution in [1.29, 1.82) is 0 Å². The molecule has 1 aliphatic rings. The molecular formula is C20H32O3. The Morgan fingerprint density at radius 2 is 1.39 bits per heavy atom. The lowest BCUT2D eigenvalue weighted by Gasteiger charge is -1.95. The first-order valence-electron chi connectivity index (χ1n) is 9.07. The summed E-state index contributed by atoms with van der Waals surface area (Å²) < 4.78 is 5.17. The zero-order valence-electron chi connectivity index (χ0n) is 14.3. The second-order valence-corrected chi connectivity index (χ2v) is 6.11. The van der Waals surface area contributed by atoms with Gasteiger partial charge in [-0.25, -0.2) is 0 Å². The van der Waals surface area contributed by atoms with Gasteiger partial charge in [-0.2, -0.15) is 0 Å². The monoisotopic (exact) mass is 320 g/mol. The lowest BCUT2D eigenvalue weighted by molar-refractivity contribution is -0.137. The first-order valence-corrected chi connectivity index (χ1v) is 9.07. The van der Waals surface area contributed by atoms with Crippen molar-refractivity contribution in [3.63, 3.8) is 0 Å². The highest BCUT2D eigenvalue weighted by atomic mass is 16.6. The van der Waals surface area contributed by atoms with Gasteiger partial charge < -0.3 is 9.84 Å². The van der Waals surface area contributed by atoms with Gasteiger partial charge >= 0.3 is 5.97 Å². The van der Waals surface area contributed by atoms with Gasteiger partial charge in [0.25, 0.3) is 0 Å². The van der Waals surface area contributed by atoms with E-state index in [9.17, 15) is 4.79 Å². The molecule has 0 amide bonds. The molecule has 1 atom stereocenters. The van der Waals surface area contributed by atoms with E-state index in [-0.39, 0.29) is 0 Å². The van der Waals surface area contributed by atoms with Gasteiger partial charge in [-0.1, -0.05) is 36.5 Å². The molecule has 1 saturated heterocycles. The van der Waals surface area contributed by atoms with Crippen molar-refractivity contribution < 1.29 is 14.6 Å². The Kier molecular flexibility index (Phi) is 12.2. The Labute approximate surface area is 141 Å². The van der Waals surface area contributed by atoms with Crippen molar-refractivity contribution in [2.45, 2.75) is 76.7 Å². The summed E-state index contributed by atoms with van der Waals surface area (Å²) in [4.78, 5) is 10.3. The van der Waals surface area contributed by atoms with Crippen molar-refractivity contribution in [1.82, 2.24) is 0 Å². The maximum atomic E-state index is 10.3. The molecule has 130 valence electrons. The highest BCUT2D eigenvalue weighted by molar-refractivity contribution is 5.66. The van der Waals surface area contributed by atoms with Crippen LogP contribution in [-0.2, 0) is 9.53 Å². The summed E-state index contributed by atoms with van der Waals surface area (Å²) >= 11 is 0. The molecule has 0 saturated carbocycles. The molecule has 0 bridgehead atoms. The molecule has 3 heteroatoms. The highest BCUT2D eigenvalue weighted by Gasteiger charge is 2.20. The van der Waals surface area contributed by atoms with Gasteiger partial charge in [0.15, 0.2) is 0 Å². The number of aliphatic carboxylic acids is 1. The van der Waals surface area contributed by atoms with E-state index in [2.05, 4.69) is 36.5 Å². The van der Waals surface area contributed by atoms with Crippen LogP contribution in [0.1, 0.15) is 70.6 Å². The Bertz CT molecular complexity index is 378. The molecule has 23 heavy (non-hydrogen) atoms. The SMILES string of the molecule is O=C(O)CCCC/C=C\CCCC/C=C\C/C=C\CC[C@H]1CO1. The van der Waals surface area contributed by atoms with E-state index in [0.29, 0.717) is 12.5 Å². The number of ether oxygens (including phenoxy) is 1. The predicted octanol–water partition coefficient (Wildman–Crippen LogP) is 5.43. The minimum absolute atomic E-state index is 0.296. The summed E-state index contributed by atoms with van der Waals surface area (Å²) in [5.41, 5.74) is 0. The standard InChI is InChI=1S/C20H32O3/c21-20(22)17-15-13-11-9-7-5-3-1-2-4-6-8-10-12-14-16-19-18-23-19/h4,6-7,9-10,12,19H,1-3,5,8,11,13-18H2,(H,21,22)/b6-4-,9-7-,12-10-/t19-/m0/s1. The fourth-order valence-corrected chi connectivity index (χ4v) is 2.32. The molecule has 0 aromatic rings. The molecule has 0 aromatic carbocycles. The summed E-state index contributed by atoms with van der Waals surface area (Å²) in [6.45, 7) is 0.966. The molecular weight excluding hydrogens is 288 g/mol. The van der Waals surface area contributed by atoms with E-state index < -0.39 is 5.97 Å². The van der Waals surface area contributed by atoms with Crippen LogP contribution in [0.2, 0.25) is 0 Å². The quantitative estimate of drug-likeness (QED) is 0.249. The average molecular weight is 320 g/mol. The number of carboxylic acids is 1. The van der Waals surface area contributed by atoms with E-state index >= 15 is 0 Å². The third-order valence-electron chi connectivity index (χ3n) is 3.83. The summed E-state index contributed by atoms with van der Waals surface area (Å²) in [7, 11) is 0. The van der Waals surface area contributed by atoms with E-state index in [1.54, 1.807) is 0 Å². The Balaban J connectivity index is 1.77. The highest BCUT2D eigenvalue weighted by Crippen LogP contribution is 2.15. The lowest BCUT2D eigenvalue weighted by Crippen LogP contribution is -1.92. The first-order chi connectivity index (χ1) is 11.3. The van der Waals surface area contributed by atoms with Crippen LogP contribution in [0.15, 0.2) is 36.5 Å². The van der Waals surface area contributed by atoms with E-state index in [4.69, 9.17) is 9.84 Å². The predicted molar refractivity (Wildman–Crippen MR) is 95.6 cm³/mol. The van der Waals surface area contributed by atoms with Crippen LogP contribution in [0.4, 0.5) is 0 Å². The molecule has 3 nitrogen and oxygen atoms in total. The van der Waals surface area contributed by atoms with Gasteiger partial charge in [0, 0.05) is 6.42 Å². The van der Waals surface area contributed by atoms with Crippen molar-refractivity contribution >= 4 is 5.97 Å². The zero-order valence-corrected chi connectivity index (χ0v) is 14.3. The van der Waals surface area contributed by atoms with Crippen LogP contribution in [0, 0.1) is 0 Å². The number of allylic oxidation sites excluding steroid dienone is 6. The van der Waals surface area contributed by atoms with Crippen LogP contribution in [0.3, 0.4) is 0 Å². The summed E-state index contributed by atoms with van der Waals surface area (Å²) in [6, 6.07) is 0. The van der Waals surface area contributed by atoms with Crippen molar-refractivity contribution in [2.24, 2.45) is 0 Å². The molecule has 1 fully saturated rings. The molecule has 0 aromatic heterocycles. The van der Waals surface area contributed by atoms with Crippen LogP contribution >= 0.6 is 0 Å². The number of carbonyl (C=O) groups is 1. The number of carboxylic acid groups (broad SMARTS) is 1. The zero-order chi connectivity index (χ0) is 16.6. The molecule has 1 aliphatic heterocycles. The van der Waals surface area contributed by atoms with Crippen molar-refractivity contribution in [3.05, 3.63) is 36.5 Å². The van der Waals surface area contributed by atoms with E-state index in [1.807, 2.05) is 0 Å². The molecule has 0 aliphatic carbocycles. The van der Waals surface area contributed by atoms with Crippen LogP contribution < -0.4 is 0 Å². The van der Waals surface area contributed by atoms with Crippen LogP contribution in [0.25, 0.3) is 0 Å². The maximum Gasteiger partial charge on any atom is 0.303 e. The smallest absolute Gasteiger partial charge is 0.303 e. The maximum absolute atomic E-state index is 10.3. The largest absolute Gasteiger partial charge is 0.481 e. The minimum atomic E-state index is -0.689. The van der Waals surface area contributed by atoms with Gasteiger partial charge in [0.05, 0.1) is 12.7 Å². The fourth-order valence-electron chi connectivity index (χ4n) is 2.32. The molecule has 1 rings (SSSR count). The van der Waals surface area contributed by atoms with Crippen LogP contribution in [-0.4, -0.2) is 23.8 Å². The third kappa shape index (κ3) is 15.3. The second kappa shape index (κ2) is 14.3. The Morgan fingerprint density at radius 1 is 0.870 bits per heavy atom. The number of rotatable bonds is 15. The molecule has 0 unspecified atom stereocenters. The lowest BCUT2D eigenvalue weighted by atomic mass is 10.1. The van der Waals surface area contributed by atoms with Gasteiger partial charge in [-0.3, -0.25) is 4.79 Å². The third-order valence-corrected chi connectivity index (χ3v) is 3.83. The minimum Gasteiger partial charge on any atom is -0.481 e. The van der Waals surface area contributed by atoms with Gasteiger partial charge in [-0.15, -0.1) is 0 Å². The summed E-state index contributed by atoms with van der Waals surface area (Å²) in [6.07, 6.45) is 25.2. The summed E-state index contributed by atoms with van der Waals surface area (Å²) in [5, 5.41) is 8.52. The number of unbranched alkanes of at least 4 members (excludes halogenated alkanes) is 5. The van der Waals surface area contributed by atoms with Gasteiger partial charge in [0.2, 0.25) is 0 Å². The van der Waals surface area contributed by atoms with Crippen molar-refractivity contribution in [3.8, 4) is 0 Å². The number of epoxide rings is 1. The molecule has 0 radical (unpaired) electrons. The topological polar surface area (TPSA) is 49.8 Å². The molecule has 1 heterocycles. The Morgan fingerprint density at radius 3 is 1.96 bits per heavy atom. The Hall–Kier alpha value is -1.35. The first kappa shape index (κ1) is 19.7. The average Bonchev–Trinajstić information content (AvgIpc) is 3.34. The van der Waals surface area contributed by atoms with Crippen molar-refractivity contribution in [2.75, 3.05) is 6.61 Å². The van der Waals surface area contributed by atoms with E-state index in [1.165, 1.54) is 19.3 Å². The molecule has 1 N–H and O–H groups in total. The van der Waals surface area contributed by atoms with Gasteiger partial charge in [0.1, 0.15) is 0 Å². The second-order valence-electron chi connectivity index (χ2n) is 6.11. The van der Waals surface area contributed by atoms with Gasteiger partial charge in [-0.05, 0) is 64.2 Å². The number of hydrogen-bond acceptors (Lipinski definition) is 2. The van der Waals surface area contributed by atoms with Crippen LogP contribution in [0.5, 0.6) is 0 Å². The molecule has 0 spiro atoms.